The van der Waals surface area contributed by atoms with E-state index in [2.05, 4.69) is 12.2 Å². The lowest BCUT2D eigenvalue weighted by Gasteiger charge is -2.07. The van der Waals surface area contributed by atoms with Crippen LogP contribution in [0.5, 0.6) is 5.75 Å². The van der Waals surface area contributed by atoms with Gasteiger partial charge in [-0.1, -0.05) is 25.1 Å². The standard InChI is InChI=1S/C16H17NO2/c1-2-12-19-15-10-8-13(9-11-15)16(18)17-14-6-4-3-5-7-14/h3-11H,2,12H2,1H3,(H,17,18). The van der Waals surface area contributed by atoms with Gasteiger partial charge in [-0.3, -0.25) is 4.79 Å². The summed E-state index contributed by atoms with van der Waals surface area (Å²) in [6.07, 6.45) is 0.968. The fourth-order valence-corrected chi connectivity index (χ4v) is 1.65. The van der Waals surface area contributed by atoms with Crippen LogP contribution in [-0.2, 0) is 0 Å². The maximum atomic E-state index is 12.0. The van der Waals surface area contributed by atoms with Gasteiger partial charge in [-0.15, -0.1) is 0 Å². The Morgan fingerprint density at radius 2 is 1.74 bits per heavy atom. The minimum Gasteiger partial charge on any atom is -0.494 e. The van der Waals surface area contributed by atoms with Crippen molar-refractivity contribution in [3.05, 3.63) is 60.2 Å². The number of hydrogen-bond acceptors (Lipinski definition) is 2. The van der Waals surface area contributed by atoms with Crippen molar-refractivity contribution in [2.24, 2.45) is 0 Å². The predicted octanol–water partition coefficient (Wildman–Crippen LogP) is 3.73. The van der Waals surface area contributed by atoms with E-state index in [0.717, 1.165) is 17.9 Å². The number of rotatable bonds is 5. The Balaban J connectivity index is 1.99. The van der Waals surface area contributed by atoms with Gasteiger partial charge >= 0.3 is 0 Å². The summed E-state index contributed by atoms with van der Waals surface area (Å²) in [5.74, 6) is 0.673. The van der Waals surface area contributed by atoms with Crippen LogP contribution in [0.4, 0.5) is 5.69 Å². The molecule has 0 aliphatic carbocycles. The lowest BCUT2D eigenvalue weighted by molar-refractivity contribution is 0.102. The highest BCUT2D eigenvalue weighted by Crippen LogP contribution is 2.14. The van der Waals surface area contributed by atoms with E-state index in [1.807, 2.05) is 42.5 Å². The first-order valence-electron chi connectivity index (χ1n) is 6.39. The van der Waals surface area contributed by atoms with Gasteiger partial charge in [-0.2, -0.15) is 0 Å². The van der Waals surface area contributed by atoms with Gasteiger partial charge in [0.25, 0.3) is 5.91 Å². The molecule has 0 atom stereocenters. The molecular weight excluding hydrogens is 238 g/mol. The third-order valence-electron chi connectivity index (χ3n) is 2.62. The van der Waals surface area contributed by atoms with Crippen LogP contribution in [0.1, 0.15) is 23.7 Å². The average Bonchev–Trinajstić information content (AvgIpc) is 2.46. The molecule has 19 heavy (non-hydrogen) atoms. The van der Waals surface area contributed by atoms with Gasteiger partial charge in [0, 0.05) is 11.3 Å². The Morgan fingerprint density at radius 1 is 1.05 bits per heavy atom. The number of carbonyl (C=O) groups is 1. The van der Waals surface area contributed by atoms with E-state index < -0.39 is 0 Å². The third-order valence-corrected chi connectivity index (χ3v) is 2.62. The van der Waals surface area contributed by atoms with Crippen LogP contribution >= 0.6 is 0 Å². The summed E-state index contributed by atoms with van der Waals surface area (Å²) >= 11 is 0. The Morgan fingerprint density at radius 3 is 2.37 bits per heavy atom. The molecule has 0 heterocycles. The summed E-state index contributed by atoms with van der Waals surface area (Å²) in [5, 5.41) is 2.84. The summed E-state index contributed by atoms with van der Waals surface area (Å²) < 4.78 is 5.48. The van der Waals surface area contributed by atoms with E-state index in [0.29, 0.717) is 12.2 Å². The second-order valence-electron chi connectivity index (χ2n) is 4.19. The zero-order valence-corrected chi connectivity index (χ0v) is 10.9. The molecular formula is C16H17NO2. The first-order chi connectivity index (χ1) is 9.29. The van der Waals surface area contributed by atoms with E-state index in [4.69, 9.17) is 4.74 Å². The van der Waals surface area contributed by atoms with Crippen LogP contribution < -0.4 is 10.1 Å². The van der Waals surface area contributed by atoms with Gasteiger partial charge in [0.1, 0.15) is 5.75 Å². The van der Waals surface area contributed by atoms with Crippen LogP contribution in [0.2, 0.25) is 0 Å². The molecule has 0 spiro atoms. The number of hydrogen-bond donors (Lipinski definition) is 1. The lowest BCUT2D eigenvalue weighted by atomic mass is 10.2. The van der Waals surface area contributed by atoms with Gasteiger partial charge in [0.2, 0.25) is 0 Å². The summed E-state index contributed by atoms with van der Waals surface area (Å²) in [6, 6.07) is 16.6. The molecule has 3 nitrogen and oxygen atoms in total. The molecule has 0 fully saturated rings. The summed E-state index contributed by atoms with van der Waals surface area (Å²) in [7, 11) is 0. The normalized spacial score (nSPS) is 9.95. The SMILES string of the molecule is CCCOc1ccc(C(=O)Nc2ccccc2)cc1. The number of amides is 1. The highest BCUT2D eigenvalue weighted by atomic mass is 16.5. The number of ether oxygens (including phenoxy) is 1. The molecule has 0 bridgehead atoms. The van der Waals surface area contributed by atoms with Crippen molar-refractivity contribution in [3.63, 3.8) is 0 Å². The predicted molar refractivity (Wildman–Crippen MR) is 76.6 cm³/mol. The van der Waals surface area contributed by atoms with E-state index in [9.17, 15) is 4.79 Å². The molecule has 0 aliphatic rings. The maximum absolute atomic E-state index is 12.0. The van der Waals surface area contributed by atoms with Gasteiger partial charge in [0.15, 0.2) is 0 Å². The molecule has 0 saturated heterocycles. The minimum absolute atomic E-state index is 0.117. The Bertz CT molecular complexity index is 520. The van der Waals surface area contributed by atoms with Crippen molar-refractivity contribution in [1.82, 2.24) is 0 Å². The van der Waals surface area contributed by atoms with Crippen LogP contribution in [-0.4, -0.2) is 12.5 Å². The van der Waals surface area contributed by atoms with Crippen molar-refractivity contribution in [2.75, 3.05) is 11.9 Å². The van der Waals surface area contributed by atoms with Crippen LogP contribution in [0, 0.1) is 0 Å². The first-order valence-corrected chi connectivity index (χ1v) is 6.39. The van der Waals surface area contributed by atoms with E-state index in [1.165, 1.54) is 0 Å². The Labute approximate surface area is 113 Å². The third kappa shape index (κ3) is 3.85. The number of para-hydroxylation sites is 1. The smallest absolute Gasteiger partial charge is 0.255 e. The summed E-state index contributed by atoms with van der Waals surface area (Å²) in [6.45, 7) is 2.75. The van der Waals surface area contributed by atoms with Gasteiger partial charge in [0.05, 0.1) is 6.61 Å². The van der Waals surface area contributed by atoms with Crippen molar-refractivity contribution < 1.29 is 9.53 Å². The molecule has 0 aliphatic heterocycles. The van der Waals surface area contributed by atoms with Crippen molar-refractivity contribution in [1.29, 1.82) is 0 Å². The molecule has 0 saturated carbocycles. The molecule has 0 unspecified atom stereocenters. The van der Waals surface area contributed by atoms with Crippen molar-refractivity contribution in [2.45, 2.75) is 13.3 Å². The highest BCUT2D eigenvalue weighted by Gasteiger charge is 2.05. The first kappa shape index (κ1) is 13.1. The Hall–Kier alpha value is -2.29. The lowest BCUT2D eigenvalue weighted by Crippen LogP contribution is -2.11. The highest BCUT2D eigenvalue weighted by molar-refractivity contribution is 6.04. The number of anilines is 1. The molecule has 98 valence electrons. The van der Waals surface area contributed by atoms with Crippen molar-refractivity contribution in [3.8, 4) is 5.75 Å². The van der Waals surface area contributed by atoms with Gasteiger partial charge in [-0.25, -0.2) is 0 Å². The topological polar surface area (TPSA) is 38.3 Å². The summed E-state index contributed by atoms with van der Waals surface area (Å²) in [5.41, 5.74) is 1.41. The largest absolute Gasteiger partial charge is 0.494 e. The number of benzene rings is 2. The molecule has 2 aromatic carbocycles. The van der Waals surface area contributed by atoms with Crippen LogP contribution in [0.15, 0.2) is 54.6 Å². The van der Waals surface area contributed by atoms with Gasteiger partial charge in [-0.05, 0) is 42.8 Å². The fourth-order valence-electron chi connectivity index (χ4n) is 1.65. The molecule has 3 heteroatoms. The minimum atomic E-state index is -0.117. The van der Waals surface area contributed by atoms with E-state index >= 15 is 0 Å². The number of nitrogens with one attached hydrogen (secondary N) is 1. The second-order valence-corrected chi connectivity index (χ2v) is 4.19. The van der Waals surface area contributed by atoms with Crippen LogP contribution in [0.3, 0.4) is 0 Å². The number of carbonyl (C=O) groups excluding carboxylic acids is 1. The maximum Gasteiger partial charge on any atom is 0.255 e. The van der Waals surface area contributed by atoms with E-state index in [1.54, 1.807) is 12.1 Å². The molecule has 1 N–H and O–H groups in total. The van der Waals surface area contributed by atoms with Gasteiger partial charge < -0.3 is 10.1 Å². The summed E-state index contributed by atoms with van der Waals surface area (Å²) in [4.78, 5) is 12.0. The van der Waals surface area contributed by atoms with E-state index in [-0.39, 0.29) is 5.91 Å². The van der Waals surface area contributed by atoms with Crippen LogP contribution in [0.25, 0.3) is 0 Å². The molecule has 0 radical (unpaired) electrons. The molecule has 1 amide bonds. The molecule has 2 aromatic rings. The average molecular weight is 255 g/mol. The Kier molecular flexibility index (Phi) is 4.56. The quantitative estimate of drug-likeness (QED) is 0.884. The zero-order chi connectivity index (χ0) is 13.5. The zero-order valence-electron chi connectivity index (χ0n) is 10.9. The van der Waals surface area contributed by atoms with Crippen molar-refractivity contribution >= 4 is 11.6 Å². The monoisotopic (exact) mass is 255 g/mol. The molecule has 0 aromatic heterocycles. The second kappa shape index (κ2) is 6.59. The fraction of sp³-hybridized carbons (Fsp3) is 0.188. The molecule has 2 rings (SSSR count).